The zero-order valence-corrected chi connectivity index (χ0v) is 17.4. The van der Waals surface area contributed by atoms with Crippen molar-refractivity contribution < 1.29 is 13.2 Å². The molecule has 30 heavy (non-hydrogen) atoms. The van der Waals surface area contributed by atoms with Crippen LogP contribution in [-0.2, 0) is 10.0 Å². The first-order valence-corrected chi connectivity index (χ1v) is 11.3. The maximum absolute atomic E-state index is 13.1. The average molecular weight is 426 g/mol. The predicted octanol–water partition coefficient (Wildman–Crippen LogP) is 3.08. The van der Waals surface area contributed by atoms with Gasteiger partial charge in [0.1, 0.15) is 0 Å². The summed E-state index contributed by atoms with van der Waals surface area (Å²) >= 11 is 0. The van der Waals surface area contributed by atoms with E-state index in [0.29, 0.717) is 17.9 Å². The monoisotopic (exact) mass is 425 g/mol. The maximum atomic E-state index is 13.1. The number of anilines is 1. The fourth-order valence-electron chi connectivity index (χ4n) is 3.67. The molecule has 156 valence electrons. The van der Waals surface area contributed by atoms with Crippen molar-refractivity contribution in [3.8, 4) is 5.69 Å². The molecular formula is C21H23N5O3S. The van der Waals surface area contributed by atoms with E-state index in [2.05, 4.69) is 15.6 Å². The molecule has 8 nitrogen and oxygen atoms in total. The average Bonchev–Trinajstić information content (AvgIpc) is 3.29. The summed E-state index contributed by atoms with van der Waals surface area (Å²) in [7, 11) is -3.65. The predicted molar refractivity (Wildman–Crippen MR) is 113 cm³/mol. The van der Waals surface area contributed by atoms with Crippen LogP contribution < -0.4 is 5.32 Å². The molecule has 2 heterocycles. The van der Waals surface area contributed by atoms with Gasteiger partial charge in [-0.15, -0.1) is 5.10 Å². The van der Waals surface area contributed by atoms with Gasteiger partial charge < -0.3 is 5.32 Å². The Morgan fingerprint density at radius 1 is 1.13 bits per heavy atom. The summed E-state index contributed by atoms with van der Waals surface area (Å²) in [5.41, 5.74) is 1.48. The third-order valence-corrected chi connectivity index (χ3v) is 7.28. The molecule has 1 fully saturated rings. The van der Waals surface area contributed by atoms with Gasteiger partial charge in [0.2, 0.25) is 10.0 Å². The molecule has 1 aromatic heterocycles. The Morgan fingerprint density at radius 2 is 1.97 bits per heavy atom. The van der Waals surface area contributed by atoms with E-state index in [1.54, 1.807) is 41.3 Å². The van der Waals surface area contributed by atoms with Crippen molar-refractivity contribution in [2.75, 3.05) is 11.9 Å². The third kappa shape index (κ3) is 3.99. The van der Waals surface area contributed by atoms with Crippen molar-refractivity contribution in [2.24, 2.45) is 0 Å². The second-order valence-corrected chi connectivity index (χ2v) is 9.20. The molecule has 3 aromatic rings. The summed E-state index contributed by atoms with van der Waals surface area (Å²) in [6, 6.07) is 13.3. The number of benzene rings is 2. The zero-order valence-electron chi connectivity index (χ0n) is 16.6. The molecule has 4 rings (SSSR count). The van der Waals surface area contributed by atoms with Gasteiger partial charge in [0.05, 0.1) is 28.7 Å². The molecule has 0 saturated carbocycles. The van der Waals surface area contributed by atoms with E-state index in [-0.39, 0.29) is 16.5 Å². The molecule has 1 saturated heterocycles. The summed E-state index contributed by atoms with van der Waals surface area (Å²) in [5, 5.41) is 10.6. The molecule has 1 aliphatic heterocycles. The lowest BCUT2D eigenvalue weighted by Gasteiger charge is -2.32. The first-order chi connectivity index (χ1) is 14.5. The Balaban J connectivity index is 1.60. The van der Waals surface area contributed by atoms with E-state index in [1.165, 1.54) is 16.4 Å². The van der Waals surface area contributed by atoms with Gasteiger partial charge in [-0.2, -0.15) is 4.31 Å². The van der Waals surface area contributed by atoms with Crippen molar-refractivity contribution in [3.63, 3.8) is 0 Å². The van der Waals surface area contributed by atoms with Crippen LogP contribution in [0.25, 0.3) is 5.69 Å². The number of carbonyl (C=O) groups is 1. The number of aromatic nitrogens is 3. The van der Waals surface area contributed by atoms with Crippen LogP contribution >= 0.6 is 0 Å². The molecular weight excluding hydrogens is 402 g/mol. The van der Waals surface area contributed by atoms with E-state index in [4.69, 9.17) is 0 Å². The summed E-state index contributed by atoms with van der Waals surface area (Å²) in [6.07, 6.45) is 5.95. The van der Waals surface area contributed by atoms with Gasteiger partial charge in [0.25, 0.3) is 5.91 Å². The first-order valence-electron chi connectivity index (χ1n) is 9.86. The molecule has 0 bridgehead atoms. The minimum atomic E-state index is -3.65. The Labute approximate surface area is 175 Å². The molecule has 9 heteroatoms. The quantitative estimate of drug-likeness (QED) is 0.678. The lowest BCUT2D eigenvalue weighted by atomic mass is 10.1. The molecule has 1 aliphatic rings. The van der Waals surface area contributed by atoms with E-state index >= 15 is 0 Å². The molecule has 0 radical (unpaired) electrons. The van der Waals surface area contributed by atoms with Crippen molar-refractivity contribution >= 4 is 21.6 Å². The minimum absolute atomic E-state index is 0.0456. The molecule has 0 aliphatic carbocycles. The van der Waals surface area contributed by atoms with Crippen LogP contribution in [0, 0.1) is 0 Å². The van der Waals surface area contributed by atoms with Crippen LogP contribution in [0.1, 0.15) is 36.5 Å². The largest absolute Gasteiger partial charge is 0.320 e. The van der Waals surface area contributed by atoms with Gasteiger partial charge in [-0.25, -0.2) is 13.1 Å². The number of rotatable bonds is 5. The Morgan fingerprint density at radius 3 is 2.73 bits per heavy atom. The van der Waals surface area contributed by atoms with E-state index in [9.17, 15) is 13.2 Å². The Kier molecular flexibility index (Phi) is 5.65. The molecule has 1 atom stereocenters. The fraction of sp³-hybridized carbons (Fsp3) is 0.286. The SMILES string of the molecule is CC1CCCCN1S(=O)(=O)c1cccc(C(=O)Nc2ccccc2-n2ccnn2)c1. The molecule has 1 unspecified atom stereocenters. The van der Waals surface area contributed by atoms with Gasteiger partial charge in [-0.3, -0.25) is 4.79 Å². The zero-order chi connectivity index (χ0) is 21.1. The Bertz CT molecular complexity index is 1140. The van der Waals surface area contributed by atoms with Gasteiger partial charge in [-0.05, 0) is 50.1 Å². The fourth-order valence-corrected chi connectivity index (χ4v) is 5.42. The van der Waals surface area contributed by atoms with Crippen molar-refractivity contribution in [1.29, 1.82) is 0 Å². The summed E-state index contributed by atoms with van der Waals surface area (Å²) in [4.78, 5) is 13.0. The number of amides is 1. The summed E-state index contributed by atoms with van der Waals surface area (Å²) in [5.74, 6) is -0.397. The number of hydrogen-bond acceptors (Lipinski definition) is 5. The lowest BCUT2D eigenvalue weighted by Crippen LogP contribution is -2.41. The number of hydrogen-bond donors (Lipinski definition) is 1. The van der Waals surface area contributed by atoms with Gasteiger partial charge in [0.15, 0.2) is 0 Å². The van der Waals surface area contributed by atoms with Crippen LogP contribution in [-0.4, -0.2) is 46.2 Å². The highest BCUT2D eigenvalue weighted by Crippen LogP contribution is 2.26. The van der Waals surface area contributed by atoms with E-state index < -0.39 is 15.9 Å². The minimum Gasteiger partial charge on any atom is -0.320 e. The molecule has 1 amide bonds. The van der Waals surface area contributed by atoms with Gasteiger partial charge in [0, 0.05) is 18.2 Å². The third-order valence-electron chi connectivity index (χ3n) is 5.27. The van der Waals surface area contributed by atoms with Crippen LogP contribution in [0.15, 0.2) is 65.8 Å². The topological polar surface area (TPSA) is 97.2 Å². The number of para-hydroxylation sites is 2. The molecule has 0 spiro atoms. The lowest BCUT2D eigenvalue weighted by molar-refractivity contribution is 0.102. The number of piperidine rings is 1. The molecule has 2 aromatic carbocycles. The number of carbonyl (C=O) groups excluding carboxylic acids is 1. The van der Waals surface area contributed by atoms with Crippen molar-refractivity contribution in [1.82, 2.24) is 19.3 Å². The second kappa shape index (κ2) is 8.37. The summed E-state index contributed by atoms with van der Waals surface area (Å²) in [6.45, 7) is 2.43. The first kappa shape index (κ1) is 20.2. The highest BCUT2D eigenvalue weighted by Gasteiger charge is 2.31. The van der Waals surface area contributed by atoms with Crippen LogP contribution in [0.2, 0.25) is 0 Å². The number of nitrogens with zero attached hydrogens (tertiary/aromatic N) is 4. The standard InChI is InChI=1S/C21H23N5O3S/c1-16-7-4-5-13-26(16)30(28,29)18-9-6-8-17(15-18)21(27)23-19-10-2-3-11-20(19)25-14-12-22-24-25/h2-3,6,8-12,14-16H,4-5,7,13H2,1H3,(H,23,27). The van der Waals surface area contributed by atoms with Gasteiger partial charge >= 0.3 is 0 Å². The van der Waals surface area contributed by atoms with Crippen LogP contribution in [0.5, 0.6) is 0 Å². The molecule has 1 N–H and O–H groups in total. The number of nitrogens with one attached hydrogen (secondary N) is 1. The normalized spacial score (nSPS) is 17.6. The van der Waals surface area contributed by atoms with E-state index in [1.807, 2.05) is 19.1 Å². The van der Waals surface area contributed by atoms with E-state index in [0.717, 1.165) is 19.3 Å². The van der Waals surface area contributed by atoms with Gasteiger partial charge in [-0.1, -0.05) is 29.8 Å². The highest BCUT2D eigenvalue weighted by molar-refractivity contribution is 7.89. The smallest absolute Gasteiger partial charge is 0.255 e. The summed E-state index contributed by atoms with van der Waals surface area (Å²) < 4.78 is 29.3. The Hall–Kier alpha value is -3.04. The maximum Gasteiger partial charge on any atom is 0.255 e. The number of sulfonamides is 1. The van der Waals surface area contributed by atoms with Crippen molar-refractivity contribution in [3.05, 3.63) is 66.5 Å². The van der Waals surface area contributed by atoms with Crippen LogP contribution in [0.3, 0.4) is 0 Å². The second-order valence-electron chi connectivity index (χ2n) is 7.31. The highest BCUT2D eigenvalue weighted by atomic mass is 32.2. The van der Waals surface area contributed by atoms with Crippen LogP contribution in [0.4, 0.5) is 5.69 Å². The van der Waals surface area contributed by atoms with Crippen molar-refractivity contribution in [2.45, 2.75) is 37.1 Å².